The van der Waals surface area contributed by atoms with Gasteiger partial charge in [0.15, 0.2) is 0 Å². The van der Waals surface area contributed by atoms with Crippen molar-refractivity contribution in [2.75, 3.05) is 0 Å². The predicted octanol–water partition coefficient (Wildman–Crippen LogP) is 16.5. The third-order valence-electron chi connectivity index (χ3n) is 16.8. The van der Waals surface area contributed by atoms with Gasteiger partial charge >= 0.3 is 0 Å². The molecular formula is C60H40. The van der Waals surface area contributed by atoms with E-state index >= 15 is 0 Å². The summed E-state index contributed by atoms with van der Waals surface area (Å²) in [5, 5.41) is 33.3. The molecule has 2 aliphatic rings. The van der Waals surface area contributed by atoms with Gasteiger partial charge in [0.05, 0.1) is 0 Å². The van der Waals surface area contributed by atoms with Gasteiger partial charge in [0.2, 0.25) is 0 Å². The van der Waals surface area contributed by atoms with Gasteiger partial charge in [0.25, 0.3) is 0 Å². The number of rotatable bonds is 0. The third-order valence-corrected chi connectivity index (χ3v) is 16.8. The van der Waals surface area contributed by atoms with Crippen LogP contribution < -0.4 is 0 Å². The molecule has 0 aliphatic heterocycles. The van der Waals surface area contributed by atoms with Gasteiger partial charge in [-0.05, 0) is 275 Å². The average molecular weight is 761 g/mol. The molecule has 0 spiro atoms. The number of hydrogen-bond acceptors (Lipinski definition) is 0. The first-order chi connectivity index (χ1) is 29.1. The minimum absolute atomic E-state index is 1.37. The van der Waals surface area contributed by atoms with Gasteiger partial charge in [-0.25, -0.2) is 0 Å². The van der Waals surface area contributed by atoms with Crippen molar-refractivity contribution in [3.63, 3.8) is 0 Å². The Morgan fingerprint density at radius 1 is 0.200 bits per heavy atom. The monoisotopic (exact) mass is 760 g/mol. The van der Waals surface area contributed by atoms with E-state index in [1.54, 1.807) is 0 Å². The van der Waals surface area contributed by atoms with Crippen molar-refractivity contribution < 1.29 is 0 Å². The molecule has 0 heterocycles. The van der Waals surface area contributed by atoms with Crippen molar-refractivity contribution in [3.8, 4) is 22.3 Å². The lowest BCUT2D eigenvalue weighted by Gasteiger charge is -2.16. The van der Waals surface area contributed by atoms with Crippen molar-refractivity contribution in [1.82, 2.24) is 0 Å². The van der Waals surface area contributed by atoms with Gasteiger partial charge in [-0.2, -0.15) is 0 Å². The summed E-state index contributed by atoms with van der Waals surface area (Å²) in [6.07, 6.45) is 0. The lowest BCUT2D eigenvalue weighted by molar-refractivity contribution is 1.23. The van der Waals surface area contributed by atoms with Crippen LogP contribution in [0.4, 0.5) is 0 Å². The molecule has 0 radical (unpaired) electrons. The molecule has 0 N–H and O–H groups in total. The lowest BCUT2D eigenvalue weighted by Crippen LogP contribution is -1.96. The van der Waals surface area contributed by atoms with Crippen LogP contribution in [0.25, 0.3) is 130 Å². The Labute approximate surface area is 346 Å². The van der Waals surface area contributed by atoms with Gasteiger partial charge in [0, 0.05) is 0 Å². The Morgan fingerprint density at radius 2 is 0.500 bits per heavy atom. The topological polar surface area (TPSA) is 0 Å². The molecular weight excluding hydrogens is 721 g/mol. The maximum atomic E-state index is 2.54. The summed E-state index contributed by atoms with van der Waals surface area (Å²) in [4.78, 5) is 0. The molecule has 2 aliphatic carbocycles. The highest BCUT2D eigenvalue weighted by atomic mass is 14.3. The van der Waals surface area contributed by atoms with Gasteiger partial charge in [0.1, 0.15) is 0 Å². The molecule has 0 aromatic heterocycles. The Kier molecular flexibility index (Phi) is 5.34. The molecule has 0 nitrogen and oxygen atoms in total. The van der Waals surface area contributed by atoms with E-state index in [0.29, 0.717) is 0 Å². The van der Waals surface area contributed by atoms with E-state index in [2.05, 4.69) is 152 Å². The molecule has 0 unspecified atom stereocenters. The Bertz CT molecular complexity index is 4240. The molecule has 0 saturated heterocycles. The molecule has 0 fully saturated rings. The van der Waals surface area contributed by atoms with E-state index in [1.165, 1.54) is 195 Å². The smallest absolute Gasteiger partial charge is 0.00137 e. The maximum absolute atomic E-state index is 2.54. The van der Waals surface area contributed by atoms with Crippen LogP contribution in [-0.4, -0.2) is 0 Å². The van der Waals surface area contributed by atoms with Gasteiger partial charge in [-0.1, -0.05) is 72.8 Å². The normalized spacial score (nSPS) is 13.3. The third kappa shape index (κ3) is 3.26. The molecule has 280 valence electrons. The molecule has 13 aromatic rings. The fourth-order valence-corrected chi connectivity index (χ4v) is 13.3. The summed E-state index contributed by atoms with van der Waals surface area (Å²) in [5.74, 6) is 0. The molecule has 15 rings (SSSR count). The lowest BCUT2D eigenvalue weighted by atomic mass is 9.87. The van der Waals surface area contributed by atoms with Gasteiger partial charge in [-0.3, -0.25) is 0 Å². The second-order valence-corrected chi connectivity index (χ2v) is 18.9. The van der Waals surface area contributed by atoms with Crippen LogP contribution in [0, 0.1) is 76.3 Å². The molecule has 13 aromatic carbocycles. The summed E-state index contributed by atoms with van der Waals surface area (Å²) < 4.78 is 0. The zero-order valence-electron chi connectivity index (χ0n) is 35.2. The quantitative estimate of drug-likeness (QED) is 0.107. The minimum atomic E-state index is 1.37. The maximum Gasteiger partial charge on any atom is -0.00137 e. The highest BCUT2D eigenvalue weighted by molar-refractivity contribution is 6.44. The molecule has 0 saturated carbocycles. The van der Waals surface area contributed by atoms with E-state index in [-0.39, 0.29) is 0 Å². The molecule has 0 bridgehead atoms. The van der Waals surface area contributed by atoms with E-state index in [9.17, 15) is 0 Å². The minimum Gasteiger partial charge on any atom is -0.0531 e. The molecule has 0 atom stereocenters. The van der Waals surface area contributed by atoms with Crippen LogP contribution in [0.2, 0.25) is 0 Å². The first-order valence-electron chi connectivity index (χ1n) is 21.8. The molecule has 0 amide bonds. The summed E-state index contributed by atoms with van der Waals surface area (Å²) in [6.45, 7) is 18.4. The fourth-order valence-electron chi connectivity index (χ4n) is 13.3. The molecule has 60 heavy (non-hydrogen) atoms. The van der Waals surface area contributed by atoms with Crippen molar-refractivity contribution >= 4 is 108 Å². The predicted molar refractivity (Wildman–Crippen MR) is 259 cm³/mol. The van der Waals surface area contributed by atoms with E-state index in [1.807, 2.05) is 0 Å². The van der Waals surface area contributed by atoms with Gasteiger partial charge in [-0.15, -0.1) is 0 Å². The van der Waals surface area contributed by atoms with Crippen molar-refractivity contribution in [2.24, 2.45) is 0 Å². The Morgan fingerprint density at radius 3 is 0.900 bits per heavy atom. The van der Waals surface area contributed by atoms with Crippen LogP contribution in [0.1, 0.15) is 44.5 Å². The average Bonchev–Trinajstić information content (AvgIpc) is 3.98. The van der Waals surface area contributed by atoms with E-state index in [4.69, 9.17) is 0 Å². The van der Waals surface area contributed by atoms with E-state index < -0.39 is 0 Å². The van der Waals surface area contributed by atoms with Crippen molar-refractivity contribution in [2.45, 2.75) is 55.4 Å². The number of hydrogen-bond donors (Lipinski definition) is 0. The summed E-state index contributed by atoms with van der Waals surface area (Å²) in [6, 6.07) is 39.3. The summed E-state index contributed by atoms with van der Waals surface area (Å²) in [5.41, 5.74) is 17.0. The van der Waals surface area contributed by atoms with E-state index in [0.717, 1.165) is 0 Å². The summed E-state index contributed by atoms with van der Waals surface area (Å²) >= 11 is 0. The zero-order chi connectivity index (χ0) is 40.1. The van der Waals surface area contributed by atoms with Crippen LogP contribution >= 0.6 is 0 Å². The van der Waals surface area contributed by atoms with Gasteiger partial charge < -0.3 is 0 Å². The first kappa shape index (κ1) is 32.1. The largest absolute Gasteiger partial charge is 0.0531 e. The second-order valence-electron chi connectivity index (χ2n) is 18.9. The Balaban J connectivity index is 1.03. The Hall–Kier alpha value is -6.76. The van der Waals surface area contributed by atoms with Crippen molar-refractivity contribution in [1.29, 1.82) is 0 Å². The SMILES string of the molecule is Cc1c(C)c(C)c2c(c1C)-c1ccc3c4cc5c(cc4c4ccc-2c1c34)c1ccc2c3ccc4c6c(ccc(c7ccc5c1c72)c63)=c1cc2c(C)c(C)c(C)c(C)c2cc1=4. The fraction of sp³-hybridized carbons (Fsp3) is 0.133. The van der Waals surface area contributed by atoms with Crippen molar-refractivity contribution in [3.05, 3.63) is 162 Å². The molecule has 0 heteroatoms. The highest BCUT2D eigenvalue weighted by Crippen LogP contribution is 2.56. The summed E-state index contributed by atoms with van der Waals surface area (Å²) in [7, 11) is 0. The number of benzene rings is 11. The first-order valence-corrected chi connectivity index (χ1v) is 21.8. The number of aryl methyl sites for hydroxylation is 2. The van der Waals surface area contributed by atoms with Crippen LogP contribution in [0.15, 0.2) is 97.1 Å². The number of fused-ring (bicyclic) bond motifs is 13. The van der Waals surface area contributed by atoms with Crippen LogP contribution in [0.3, 0.4) is 0 Å². The highest BCUT2D eigenvalue weighted by Gasteiger charge is 2.30. The second kappa shape index (κ2) is 9.98. The standard InChI is InChI=1S/C60H40/c1-25-26(2)30(6)46-22-48-38-14-10-34-36-12-16-40-50-24-52-42-18-20-44-54-32(8)28(4)27(3)31(7)53(54)43-19-17-41(59(42)60(43)44)51(52)23-49(50)39-15-11-35(56(36)58(39)40)33-9-13-37(57(38)55(33)34)47(48)21-45(46)29(25)5/h9-24H,1-8H3. The van der Waals surface area contributed by atoms with Crippen LogP contribution in [-0.2, 0) is 0 Å². The zero-order valence-corrected chi connectivity index (χ0v) is 35.2. The van der Waals surface area contributed by atoms with Crippen LogP contribution in [0.5, 0.6) is 0 Å².